The van der Waals surface area contributed by atoms with E-state index in [4.69, 9.17) is 5.26 Å². The van der Waals surface area contributed by atoms with Gasteiger partial charge in [0.05, 0.1) is 18.1 Å². The van der Waals surface area contributed by atoms with E-state index in [1.54, 1.807) is 4.52 Å². The first-order chi connectivity index (χ1) is 11.7. The van der Waals surface area contributed by atoms with Crippen molar-refractivity contribution in [1.82, 2.24) is 24.7 Å². The van der Waals surface area contributed by atoms with Crippen LogP contribution in [0.3, 0.4) is 0 Å². The zero-order valence-electron chi connectivity index (χ0n) is 13.8. The molecule has 8 nitrogen and oxygen atoms in total. The van der Waals surface area contributed by atoms with Gasteiger partial charge in [-0.1, -0.05) is 0 Å². The van der Waals surface area contributed by atoms with E-state index in [1.807, 2.05) is 19.1 Å². The average molecular weight is 324 g/mol. The quantitative estimate of drug-likeness (QED) is 0.809. The fourth-order valence-electron chi connectivity index (χ4n) is 2.96. The minimum Gasteiger partial charge on any atom is -0.353 e. The first-order valence-electron chi connectivity index (χ1n) is 8.14. The summed E-state index contributed by atoms with van der Waals surface area (Å²) in [5, 5.41) is 30.6. The summed E-state index contributed by atoms with van der Waals surface area (Å²) in [4.78, 5) is 4.54. The van der Waals surface area contributed by atoms with Gasteiger partial charge in [-0.15, -0.1) is 15.3 Å². The van der Waals surface area contributed by atoms with Gasteiger partial charge in [0.25, 0.3) is 0 Å². The summed E-state index contributed by atoms with van der Waals surface area (Å²) in [7, 11) is 0. The number of aromatic nitrogens is 4. The van der Waals surface area contributed by atoms with Gasteiger partial charge >= 0.3 is 0 Å². The lowest BCUT2D eigenvalue weighted by Crippen LogP contribution is -2.48. The van der Waals surface area contributed by atoms with E-state index in [2.05, 4.69) is 37.2 Å². The number of aryl methyl sites for hydroxylation is 1. The van der Waals surface area contributed by atoms with Gasteiger partial charge < -0.3 is 4.90 Å². The van der Waals surface area contributed by atoms with Crippen LogP contribution in [-0.4, -0.2) is 57.4 Å². The molecule has 1 aliphatic heterocycles. The van der Waals surface area contributed by atoms with Crippen molar-refractivity contribution >= 4 is 11.5 Å². The third kappa shape index (κ3) is 3.44. The molecule has 0 unspecified atom stereocenters. The second-order valence-corrected chi connectivity index (χ2v) is 6.02. The molecule has 1 atom stereocenters. The van der Waals surface area contributed by atoms with E-state index in [0.29, 0.717) is 12.8 Å². The van der Waals surface area contributed by atoms with Crippen LogP contribution in [0.15, 0.2) is 12.1 Å². The molecule has 24 heavy (non-hydrogen) atoms. The van der Waals surface area contributed by atoms with Crippen molar-refractivity contribution in [3.8, 4) is 12.1 Å². The molecule has 0 aromatic carbocycles. The highest BCUT2D eigenvalue weighted by atomic mass is 15.4. The van der Waals surface area contributed by atoms with Gasteiger partial charge in [0.1, 0.15) is 5.82 Å². The third-order valence-corrected chi connectivity index (χ3v) is 4.37. The van der Waals surface area contributed by atoms with E-state index >= 15 is 0 Å². The number of rotatable bonds is 5. The van der Waals surface area contributed by atoms with Crippen molar-refractivity contribution in [2.45, 2.75) is 19.8 Å². The monoisotopic (exact) mass is 324 g/mol. The Labute approximate surface area is 140 Å². The molecule has 0 aliphatic carbocycles. The summed E-state index contributed by atoms with van der Waals surface area (Å²) >= 11 is 0. The fourth-order valence-corrected chi connectivity index (χ4v) is 2.96. The largest absolute Gasteiger partial charge is 0.353 e. The first-order valence-corrected chi connectivity index (χ1v) is 8.14. The predicted molar refractivity (Wildman–Crippen MR) is 88.1 cm³/mol. The Balaban J connectivity index is 1.59. The van der Waals surface area contributed by atoms with Crippen molar-refractivity contribution < 1.29 is 0 Å². The third-order valence-electron chi connectivity index (χ3n) is 4.37. The molecule has 0 spiro atoms. The lowest BCUT2D eigenvalue weighted by atomic mass is 10.0. The number of anilines is 1. The van der Waals surface area contributed by atoms with Crippen LogP contribution in [0.2, 0.25) is 0 Å². The zero-order valence-corrected chi connectivity index (χ0v) is 13.8. The lowest BCUT2D eigenvalue weighted by Gasteiger charge is -2.36. The maximum Gasteiger partial charge on any atom is 0.178 e. The minimum absolute atomic E-state index is 0.0645. The van der Waals surface area contributed by atoms with Crippen LogP contribution in [-0.2, 0) is 0 Å². The van der Waals surface area contributed by atoms with E-state index in [0.717, 1.165) is 50.0 Å². The average Bonchev–Trinajstić information content (AvgIpc) is 2.99. The van der Waals surface area contributed by atoms with Gasteiger partial charge in [0, 0.05) is 39.1 Å². The SMILES string of the molecule is Cc1nnc2ccc(N3CCN(C[C@H](C#N)CCC#N)CC3)nn12. The van der Waals surface area contributed by atoms with Gasteiger partial charge in [0.2, 0.25) is 0 Å². The Morgan fingerprint density at radius 1 is 1.17 bits per heavy atom. The van der Waals surface area contributed by atoms with E-state index in [9.17, 15) is 5.26 Å². The summed E-state index contributed by atoms with van der Waals surface area (Å²) in [6, 6.07) is 8.34. The summed E-state index contributed by atoms with van der Waals surface area (Å²) < 4.78 is 1.76. The van der Waals surface area contributed by atoms with Crippen LogP contribution in [0.5, 0.6) is 0 Å². The molecule has 3 rings (SSSR count). The molecule has 1 saturated heterocycles. The summed E-state index contributed by atoms with van der Waals surface area (Å²) in [5.74, 6) is 1.64. The van der Waals surface area contributed by atoms with E-state index < -0.39 is 0 Å². The Hall–Kier alpha value is -2.71. The Bertz CT molecular complexity index is 775. The van der Waals surface area contributed by atoms with Crippen LogP contribution in [0.1, 0.15) is 18.7 Å². The molecular formula is C16H20N8. The molecule has 0 amide bonds. The zero-order chi connectivity index (χ0) is 16.9. The van der Waals surface area contributed by atoms with Gasteiger partial charge in [-0.3, -0.25) is 4.90 Å². The van der Waals surface area contributed by atoms with Crippen molar-refractivity contribution in [2.75, 3.05) is 37.6 Å². The number of piperazine rings is 1. The molecule has 0 bridgehead atoms. The fraction of sp³-hybridized carbons (Fsp3) is 0.562. The molecule has 1 fully saturated rings. The molecular weight excluding hydrogens is 304 g/mol. The maximum atomic E-state index is 9.20. The molecule has 2 aromatic heterocycles. The molecule has 124 valence electrons. The normalized spacial score (nSPS) is 16.7. The highest BCUT2D eigenvalue weighted by Crippen LogP contribution is 2.16. The second-order valence-electron chi connectivity index (χ2n) is 6.02. The maximum absolute atomic E-state index is 9.20. The number of fused-ring (bicyclic) bond motifs is 1. The molecule has 2 aromatic rings. The summed E-state index contributed by atoms with van der Waals surface area (Å²) in [5.41, 5.74) is 0.754. The minimum atomic E-state index is -0.0645. The first kappa shape index (κ1) is 16.2. The van der Waals surface area contributed by atoms with Crippen molar-refractivity contribution in [2.24, 2.45) is 5.92 Å². The summed E-state index contributed by atoms with van der Waals surface area (Å²) in [6.07, 6.45) is 1.10. The van der Waals surface area contributed by atoms with E-state index in [-0.39, 0.29) is 5.92 Å². The smallest absolute Gasteiger partial charge is 0.178 e. The van der Waals surface area contributed by atoms with Crippen LogP contribution in [0, 0.1) is 35.5 Å². The van der Waals surface area contributed by atoms with Crippen molar-refractivity contribution in [3.63, 3.8) is 0 Å². The van der Waals surface area contributed by atoms with Gasteiger partial charge in [0.15, 0.2) is 11.5 Å². The molecule has 8 heteroatoms. The van der Waals surface area contributed by atoms with Crippen molar-refractivity contribution in [1.29, 1.82) is 10.5 Å². The highest BCUT2D eigenvalue weighted by molar-refractivity contribution is 5.46. The molecule has 0 saturated carbocycles. The number of nitrogens with zero attached hydrogens (tertiary/aromatic N) is 8. The Morgan fingerprint density at radius 3 is 2.67 bits per heavy atom. The van der Waals surface area contributed by atoms with Crippen molar-refractivity contribution in [3.05, 3.63) is 18.0 Å². The van der Waals surface area contributed by atoms with Crippen LogP contribution in [0.25, 0.3) is 5.65 Å². The Kier molecular flexibility index (Phi) is 4.88. The van der Waals surface area contributed by atoms with E-state index in [1.165, 1.54) is 0 Å². The lowest BCUT2D eigenvalue weighted by molar-refractivity contribution is 0.232. The summed E-state index contributed by atoms with van der Waals surface area (Å²) in [6.45, 7) is 6.16. The number of nitriles is 2. The second kappa shape index (κ2) is 7.24. The standard InChI is InChI=1S/C16H20N8/c1-13-19-20-15-4-5-16(21-24(13)15)23-9-7-22(8-10-23)12-14(11-18)3-2-6-17/h4-5,14H,2-3,7-10,12H2,1H3/t14-/m0/s1. The molecule has 0 N–H and O–H groups in total. The van der Waals surface area contributed by atoms with Gasteiger partial charge in [-0.05, 0) is 25.5 Å². The highest BCUT2D eigenvalue weighted by Gasteiger charge is 2.21. The van der Waals surface area contributed by atoms with Crippen LogP contribution >= 0.6 is 0 Å². The Morgan fingerprint density at radius 2 is 1.96 bits per heavy atom. The van der Waals surface area contributed by atoms with Gasteiger partial charge in [-0.25, -0.2) is 0 Å². The predicted octanol–water partition coefficient (Wildman–Crippen LogP) is 0.998. The van der Waals surface area contributed by atoms with Crippen LogP contribution in [0.4, 0.5) is 5.82 Å². The molecule has 3 heterocycles. The molecule has 0 radical (unpaired) electrons. The number of hydrogen-bond acceptors (Lipinski definition) is 7. The topological polar surface area (TPSA) is 97.1 Å². The van der Waals surface area contributed by atoms with Crippen LogP contribution < -0.4 is 4.90 Å². The van der Waals surface area contributed by atoms with Gasteiger partial charge in [-0.2, -0.15) is 15.0 Å². The molecule has 1 aliphatic rings. The number of hydrogen-bond donors (Lipinski definition) is 0.